The van der Waals surface area contributed by atoms with Gasteiger partial charge in [-0.15, -0.1) is 48.5 Å². The fraction of sp³-hybridized carbons (Fsp3) is 0.154. The van der Waals surface area contributed by atoms with Gasteiger partial charge in [-0.2, -0.15) is 72.8 Å². The molecule has 4 aromatic carbocycles. The monoisotopic (exact) mass is 853 g/mol. The van der Waals surface area contributed by atoms with Gasteiger partial charge in [0.25, 0.3) is 0 Å². The van der Waals surface area contributed by atoms with E-state index in [2.05, 4.69) is 74.5 Å². The van der Waals surface area contributed by atoms with Crippen LogP contribution < -0.4 is 18.9 Å². The Bertz CT molecular complexity index is 2230. The van der Waals surface area contributed by atoms with Gasteiger partial charge in [0, 0.05) is 61.8 Å². The van der Waals surface area contributed by atoms with E-state index in [0.29, 0.717) is 0 Å². The van der Waals surface area contributed by atoms with Crippen molar-refractivity contribution in [2.45, 2.75) is 27.7 Å². The van der Waals surface area contributed by atoms with Gasteiger partial charge in [-0.1, -0.05) is 0 Å². The molecule has 8 nitrogen and oxygen atoms in total. The number of hydrogen-bond donors (Lipinski definition) is 2. The molecule has 0 spiro atoms. The average Bonchev–Trinajstić information content (AvgIpc) is 4.12. The van der Waals surface area contributed by atoms with Gasteiger partial charge < -0.3 is 28.9 Å². The number of H-pyrrole nitrogens is 2. The SMILES string of the molecule is C1=Cc2cc3ccc(cc4ccc(cc5nc(cc1n2)C=C5)[nH]4)[nH]3.CCOc1cc[c-]cc1.CCOc1cc[c-]cc1.CCOc1cc[c-]cc1.CCOc1cc[c-]cc1.[Co]. The van der Waals surface area contributed by atoms with E-state index >= 15 is 0 Å². The van der Waals surface area contributed by atoms with Gasteiger partial charge >= 0.3 is 0 Å². The first-order valence-corrected chi connectivity index (χ1v) is 19.9. The number of fused-ring (bicyclic) bond motifs is 8. The summed E-state index contributed by atoms with van der Waals surface area (Å²) in [5.74, 6) is 3.65. The number of hydrogen-bond acceptors (Lipinski definition) is 6. The number of nitrogens with one attached hydrogen (secondary N) is 2. The van der Waals surface area contributed by atoms with E-state index in [0.717, 1.165) is 94.3 Å². The molecule has 8 bridgehead atoms. The topological polar surface area (TPSA) is 94.3 Å². The molecule has 7 aromatic rings. The number of ether oxygens (including phenoxy) is 4. The summed E-state index contributed by atoms with van der Waals surface area (Å²) in [6.07, 6.45) is 8.05. The fourth-order valence-corrected chi connectivity index (χ4v) is 5.48. The van der Waals surface area contributed by atoms with E-state index in [1.54, 1.807) is 0 Å². The summed E-state index contributed by atoms with van der Waals surface area (Å²) in [5, 5.41) is 0. The summed E-state index contributed by atoms with van der Waals surface area (Å²) >= 11 is 0. The van der Waals surface area contributed by atoms with Crippen molar-refractivity contribution in [3.63, 3.8) is 0 Å². The zero-order valence-electron chi connectivity index (χ0n) is 34.9. The van der Waals surface area contributed by atoms with Gasteiger partial charge in [0.15, 0.2) is 0 Å². The molecule has 0 saturated carbocycles. The first-order valence-electron chi connectivity index (χ1n) is 19.9. The van der Waals surface area contributed by atoms with Crippen molar-refractivity contribution in [1.29, 1.82) is 0 Å². The van der Waals surface area contributed by atoms with Gasteiger partial charge in [-0.25, -0.2) is 9.97 Å². The largest absolute Gasteiger partial charge is 0.519 e. The second-order valence-electron chi connectivity index (χ2n) is 12.6. The van der Waals surface area contributed by atoms with Crippen LogP contribution in [0.15, 0.2) is 146 Å². The smallest absolute Gasteiger partial charge is 0.0822 e. The van der Waals surface area contributed by atoms with E-state index in [1.807, 2.05) is 167 Å². The number of rotatable bonds is 8. The van der Waals surface area contributed by atoms with E-state index in [-0.39, 0.29) is 16.8 Å². The molecular weight excluding hydrogens is 804 g/mol. The molecule has 0 fully saturated rings. The molecular formula is C52H50CoN4O4-4. The molecule has 2 aliphatic heterocycles. The molecule has 0 aliphatic carbocycles. The zero-order chi connectivity index (χ0) is 42.0. The van der Waals surface area contributed by atoms with Crippen LogP contribution in [0.1, 0.15) is 50.5 Å². The predicted molar refractivity (Wildman–Crippen MR) is 245 cm³/mol. The van der Waals surface area contributed by atoms with Gasteiger partial charge in [0.1, 0.15) is 0 Å². The molecule has 0 amide bonds. The van der Waals surface area contributed by atoms with E-state index < -0.39 is 0 Å². The Labute approximate surface area is 370 Å². The molecule has 61 heavy (non-hydrogen) atoms. The van der Waals surface area contributed by atoms with Crippen LogP contribution in [-0.4, -0.2) is 46.4 Å². The van der Waals surface area contributed by atoms with E-state index in [4.69, 9.17) is 18.9 Å². The van der Waals surface area contributed by atoms with Crippen molar-refractivity contribution >= 4 is 46.4 Å². The van der Waals surface area contributed by atoms with E-state index in [9.17, 15) is 0 Å². The van der Waals surface area contributed by atoms with E-state index in [1.165, 1.54) is 0 Å². The third-order valence-corrected chi connectivity index (χ3v) is 8.04. The second-order valence-corrected chi connectivity index (χ2v) is 12.6. The quantitative estimate of drug-likeness (QED) is 0.148. The molecule has 9 rings (SSSR count). The van der Waals surface area contributed by atoms with Crippen LogP contribution in [-0.2, 0) is 16.8 Å². The minimum Gasteiger partial charge on any atom is -0.519 e. The first kappa shape index (κ1) is 46.9. The fourth-order valence-electron chi connectivity index (χ4n) is 5.48. The summed E-state index contributed by atoms with van der Waals surface area (Å²) in [6.45, 7) is 10.8. The van der Waals surface area contributed by atoms with Gasteiger partial charge in [-0.3, -0.25) is 0 Å². The maximum Gasteiger partial charge on any atom is 0.0822 e. The third kappa shape index (κ3) is 17.5. The summed E-state index contributed by atoms with van der Waals surface area (Å²) in [6, 6.07) is 57.9. The Kier molecular flexibility index (Phi) is 20.8. The Morgan fingerprint density at radius 1 is 0.361 bits per heavy atom. The van der Waals surface area contributed by atoms with Crippen LogP contribution in [0.5, 0.6) is 23.0 Å². The Balaban J connectivity index is 0.000000185. The average molecular weight is 854 g/mol. The van der Waals surface area contributed by atoms with Crippen molar-refractivity contribution in [1.82, 2.24) is 19.9 Å². The Morgan fingerprint density at radius 2 is 0.607 bits per heavy atom. The number of benzene rings is 4. The van der Waals surface area contributed by atoms with Crippen molar-refractivity contribution in [2.75, 3.05) is 26.4 Å². The van der Waals surface area contributed by atoms with Crippen LogP contribution in [0.3, 0.4) is 0 Å². The molecule has 2 N–H and O–H groups in total. The van der Waals surface area contributed by atoms with Crippen molar-refractivity contribution in [3.05, 3.63) is 193 Å². The van der Waals surface area contributed by atoms with Crippen LogP contribution >= 0.6 is 0 Å². The predicted octanol–water partition coefficient (Wildman–Crippen LogP) is 12.2. The number of aromatic nitrogens is 4. The molecule has 315 valence electrons. The van der Waals surface area contributed by atoms with Crippen LogP contribution in [0, 0.1) is 24.3 Å². The van der Waals surface area contributed by atoms with Crippen LogP contribution in [0.25, 0.3) is 46.4 Å². The Hall–Kier alpha value is -6.81. The maximum atomic E-state index is 5.19. The Morgan fingerprint density at radius 3 is 0.869 bits per heavy atom. The molecule has 2 aliphatic rings. The van der Waals surface area contributed by atoms with Gasteiger partial charge in [-0.05, 0) is 101 Å². The second kappa shape index (κ2) is 27.0. The maximum absolute atomic E-state index is 5.19. The molecule has 1 radical (unpaired) electrons. The first-order chi connectivity index (χ1) is 29.5. The van der Waals surface area contributed by atoms with Crippen molar-refractivity contribution < 1.29 is 35.7 Å². The molecule has 0 atom stereocenters. The molecule has 0 saturated heterocycles. The van der Waals surface area contributed by atoms with Crippen LogP contribution in [0.4, 0.5) is 0 Å². The molecule has 0 unspecified atom stereocenters. The molecule has 9 heteroatoms. The minimum absolute atomic E-state index is 0. The number of aromatic amines is 2. The van der Waals surface area contributed by atoms with Crippen LogP contribution in [0.2, 0.25) is 0 Å². The summed E-state index contributed by atoms with van der Waals surface area (Å²) in [5.41, 5.74) is 7.86. The van der Waals surface area contributed by atoms with Gasteiger partial charge in [0.05, 0.1) is 49.2 Å². The summed E-state index contributed by atoms with van der Waals surface area (Å²) < 4.78 is 20.7. The minimum atomic E-state index is 0. The molecule has 3 aromatic heterocycles. The van der Waals surface area contributed by atoms with Crippen molar-refractivity contribution in [3.8, 4) is 23.0 Å². The zero-order valence-corrected chi connectivity index (χ0v) is 35.9. The summed E-state index contributed by atoms with van der Waals surface area (Å²) in [4.78, 5) is 16.0. The standard InChI is InChI=1S/C20H14N4.4C8H9O.Co/c1-2-14-10-16-5-6-18(23-16)12-20-8-7-19(24-20)11-17-4-3-15(22-17)9-13(1)21-14;4*1-2-9-8-6-4-3-5-7-8;/h1-12,21-22H;4*4-7H,2H2,1H3;/q;4*-1;. The van der Waals surface area contributed by atoms with Gasteiger partial charge in [0.2, 0.25) is 0 Å². The number of nitrogens with zero attached hydrogens (tertiary/aromatic N) is 2. The molecule has 5 heterocycles. The van der Waals surface area contributed by atoms with Crippen molar-refractivity contribution in [2.24, 2.45) is 0 Å². The third-order valence-electron chi connectivity index (χ3n) is 8.04. The summed E-state index contributed by atoms with van der Waals surface area (Å²) in [7, 11) is 0. The normalized spacial score (nSPS) is 10.3.